The molecule has 0 N–H and O–H groups in total. The number of aryl methyl sites for hydroxylation is 2. The summed E-state index contributed by atoms with van der Waals surface area (Å²) in [5.74, 6) is 1.71. The summed E-state index contributed by atoms with van der Waals surface area (Å²) in [5.41, 5.74) is 14.7. The van der Waals surface area contributed by atoms with Crippen LogP contribution in [0.3, 0.4) is 0 Å². The molecule has 0 radical (unpaired) electrons. The average molecular weight is 703 g/mol. The van der Waals surface area contributed by atoms with Crippen molar-refractivity contribution in [3.05, 3.63) is 139 Å². The maximum Gasteiger partial charge on any atom is 0.303 e. The zero-order valence-corrected chi connectivity index (χ0v) is 29.9. The van der Waals surface area contributed by atoms with Gasteiger partial charge in [0.1, 0.15) is 11.4 Å². The van der Waals surface area contributed by atoms with Crippen molar-refractivity contribution in [3.8, 4) is 11.5 Å². The van der Waals surface area contributed by atoms with Gasteiger partial charge in [-0.15, -0.1) is 11.3 Å². The molecule has 5 nitrogen and oxygen atoms in total. The highest BCUT2D eigenvalue weighted by atomic mass is 32.2. The fourth-order valence-electron chi connectivity index (χ4n) is 8.92. The van der Waals surface area contributed by atoms with Crippen LogP contribution in [0.1, 0.15) is 11.1 Å². The van der Waals surface area contributed by atoms with Crippen LogP contribution in [-0.2, 0) is 0 Å². The predicted molar refractivity (Wildman–Crippen MR) is 217 cm³/mol. The van der Waals surface area contributed by atoms with Gasteiger partial charge in [-0.2, -0.15) is 0 Å². The summed E-state index contributed by atoms with van der Waals surface area (Å²) in [4.78, 5) is 11.8. The molecule has 8 aromatic rings. The predicted octanol–water partition coefficient (Wildman–Crippen LogP) is 7.68. The highest BCUT2D eigenvalue weighted by Gasteiger charge is 2.51. The van der Waals surface area contributed by atoms with Gasteiger partial charge in [-0.25, -0.2) is 0 Å². The highest BCUT2D eigenvalue weighted by molar-refractivity contribution is 8.00. The van der Waals surface area contributed by atoms with E-state index in [9.17, 15) is 0 Å². The van der Waals surface area contributed by atoms with Gasteiger partial charge in [0.25, 0.3) is 6.71 Å². The topological polar surface area (TPSA) is 41.7 Å². The van der Waals surface area contributed by atoms with Gasteiger partial charge in [0.05, 0.1) is 15.6 Å². The van der Waals surface area contributed by atoms with E-state index in [1.807, 2.05) is 23.7 Å². The summed E-state index contributed by atoms with van der Waals surface area (Å²) in [6.07, 6.45) is 3.91. The first-order chi connectivity index (χ1) is 25.6. The van der Waals surface area contributed by atoms with Crippen LogP contribution in [-0.4, -0.2) is 18.4 Å². The van der Waals surface area contributed by atoms with Crippen molar-refractivity contribution in [3.63, 3.8) is 0 Å². The minimum atomic E-state index is -0.170. The molecule has 0 saturated carbocycles. The van der Waals surface area contributed by atoms with E-state index in [0.29, 0.717) is 0 Å². The molecule has 7 heterocycles. The summed E-state index contributed by atoms with van der Waals surface area (Å²) < 4.78 is 15.8. The molecular formula is C43H27B2N3O2S2. The van der Waals surface area contributed by atoms with Gasteiger partial charge >= 0.3 is 6.71 Å². The van der Waals surface area contributed by atoms with Gasteiger partial charge in [-0.05, 0) is 107 Å². The summed E-state index contributed by atoms with van der Waals surface area (Å²) in [5, 5.41) is 2.51. The SMILES string of the molecule is Cc1cc2c3c(c1)N(c1ccccc1)c1ccncc1B3c1oc3c(c1O2)Sc1cc(C)cc2c1B3c1c(sc3ccccc13)N2c1ccccc1. The Kier molecular flexibility index (Phi) is 5.84. The van der Waals surface area contributed by atoms with Gasteiger partial charge in [-0.1, -0.05) is 66.4 Å². The first-order valence-electron chi connectivity index (χ1n) is 17.6. The number of nitrogens with zero attached hydrogens (tertiary/aromatic N) is 3. The first-order valence-corrected chi connectivity index (χ1v) is 19.2. The second-order valence-electron chi connectivity index (χ2n) is 14.0. The zero-order chi connectivity index (χ0) is 34.2. The second kappa shape index (κ2) is 10.5. The molecule has 52 heavy (non-hydrogen) atoms. The molecule has 244 valence electrons. The van der Waals surface area contributed by atoms with Gasteiger partial charge in [0.15, 0.2) is 5.75 Å². The fourth-order valence-corrected chi connectivity index (χ4v) is 11.5. The van der Waals surface area contributed by atoms with E-state index in [1.54, 1.807) is 11.8 Å². The molecule has 9 heteroatoms. The maximum atomic E-state index is 7.40. The number of furan rings is 1. The lowest BCUT2D eigenvalue weighted by molar-refractivity contribution is 0.471. The lowest BCUT2D eigenvalue weighted by Crippen LogP contribution is -2.60. The quantitative estimate of drug-likeness (QED) is 0.172. The Hall–Kier alpha value is -5.63. The van der Waals surface area contributed by atoms with Crippen LogP contribution in [0.15, 0.2) is 142 Å². The van der Waals surface area contributed by atoms with Crippen molar-refractivity contribution in [1.29, 1.82) is 0 Å². The maximum absolute atomic E-state index is 7.40. The smallest absolute Gasteiger partial charge is 0.303 e. The lowest BCUT2D eigenvalue weighted by Gasteiger charge is -2.38. The third-order valence-electron chi connectivity index (χ3n) is 10.9. The zero-order valence-electron chi connectivity index (χ0n) is 28.3. The van der Waals surface area contributed by atoms with E-state index in [4.69, 9.17) is 14.1 Å². The Morgan fingerprint density at radius 1 is 0.654 bits per heavy atom. The van der Waals surface area contributed by atoms with E-state index in [0.717, 1.165) is 67.0 Å². The third-order valence-corrected chi connectivity index (χ3v) is 13.2. The Labute approximate surface area is 309 Å². The number of para-hydroxylation sites is 2. The van der Waals surface area contributed by atoms with Crippen LogP contribution in [0.4, 0.5) is 33.4 Å². The Morgan fingerprint density at radius 3 is 2.17 bits per heavy atom. The van der Waals surface area contributed by atoms with Crippen molar-refractivity contribution in [1.82, 2.24) is 4.98 Å². The summed E-state index contributed by atoms with van der Waals surface area (Å²) in [7, 11) is 0. The molecule has 5 aromatic carbocycles. The van der Waals surface area contributed by atoms with Gasteiger partial charge in [0.2, 0.25) is 0 Å². The van der Waals surface area contributed by atoms with E-state index < -0.39 is 0 Å². The van der Waals surface area contributed by atoms with E-state index in [1.165, 1.54) is 42.2 Å². The molecule has 0 spiro atoms. The first kappa shape index (κ1) is 29.0. The average Bonchev–Trinajstić information content (AvgIpc) is 3.73. The van der Waals surface area contributed by atoms with Crippen molar-refractivity contribution in [2.24, 2.45) is 0 Å². The van der Waals surface area contributed by atoms with E-state index >= 15 is 0 Å². The third kappa shape index (κ3) is 3.79. The molecule has 0 bridgehead atoms. The number of anilines is 6. The molecule has 3 aromatic heterocycles. The number of thiophene rings is 1. The monoisotopic (exact) mass is 703 g/mol. The number of hydrogen-bond acceptors (Lipinski definition) is 7. The fraction of sp³-hybridized carbons (Fsp3) is 0.0465. The Bertz CT molecular complexity index is 2820. The van der Waals surface area contributed by atoms with Crippen LogP contribution in [0.2, 0.25) is 0 Å². The van der Waals surface area contributed by atoms with Crippen molar-refractivity contribution in [2.45, 2.75) is 23.6 Å². The van der Waals surface area contributed by atoms with Gasteiger partial charge < -0.3 is 19.0 Å². The lowest BCUT2D eigenvalue weighted by atomic mass is 9.36. The number of rotatable bonds is 2. The highest BCUT2D eigenvalue weighted by Crippen LogP contribution is 2.49. The summed E-state index contributed by atoms with van der Waals surface area (Å²) in [6.45, 7) is 4.10. The number of hydrogen-bond donors (Lipinski definition) is 0. The minimum absolute atomic E-state index is 0.0933. The van der Waals surface area contributed by atoms with Crippen molar-refractivity contribution in [2.75, 3.05) is 9.80 Å². The summed E-state index contributed by atoms with van der Waals surface area (Å²) in [6, 6.07) is 41.5. The Morgan fingerprint density at radius 2 is 1.37 bits per heavy atom. The minimum Gasteiger partial charge on any atom is -0.479 e. The molecule has 12 rings (SSSR count). The van der Waals surface area contributed by atoms with Gasteiger partial charge in [0, 0.05) is 55.9 Å². The van der Waals surface area contributed by atoms with E-state index in [-0.39, 0.29) is 13.4 Å². The largest absolute Gasteiger partial charge is 0.479 e. The van der Waals surface area contributed by atoms with Crippen molar-refractivity contribution >= 4 is 113 Å². The molecule has 4 aliphatic heterocycles. The molecule has 0 aliphatic carbocycles. The molecule has 0 fully saturated rings. The van der Waals surface area contributed by atoms with Crippen molar-refractivity contribution < 1.29 is 9.15 Å². The number of benzene rings is 5. The van der Waals surface area contributed by atoms with Crippen LogP contribution < -0.4 is 47.7 Å². The van der Waals surface area contributed by atoms with Crippen LogP contribution in [0, 0.1) is 13.8 Å². The van der Waals surface area contributed by atoms with Crippen LogP contribution in [0.5, 0.6) is 11.5 Å². The second-order valence-corrected chi connectivity index (χ2v) is 16.1. The normalized spacial score (nSPS) is 14.3. The van der Waals surface area contributed by atoms with Crippen LogP contribution in [0.25, 0.3) is 10.1 Å². The number of aromatic nitrogens is 1. The molecule has 4 aliphatic rings. The molecule has 0 unspecified atom stereocenters. The number of ether oxygens (including phenoxy) is 1. The molecule has 0 amide bonds. The molecule has 0 saturated heterocycles. The van der Waals surface area contributed by atoms with Crippen LogP contribution >= 0.6 is 23.1 Å². The molecule has 0 atom stereocenters. The standard InChI is InChI=1S/C43H27B2N3O2S2/c1-24-19-31-37-33(21-24)49-39-40-42(50-41(39)44(37)29-23-46-18-17-30(29)47(31)26-11-5-3-6-12-26)45-36-28-15-9-10-16-34(28)52-43(36)48(27-13-7-4-8-14-27)32-20-25(2)22-35(51-40)38(32)45/h3-23H,1-2H3. The van der Waals surface area contributed by atoms with Gasteiger partial charge in [-0.3, -0.25) is 4.98 Å². The Balaban J connectivity index is 1.14. The number of fused-ring (bicyclic) bond motifs is 11. The number of pyridine rings is 1. The van der Waals surface area contributed by atoms with E-state index in [2.05, 4.69) is 139 Å². The summed E-state index contributed by atoms with van der Waals surface area (Å²) >= 11 is 3.65. The molecular weight excluding hydrogens is 676 g/mol.